The second kappa shape index (κ2) is 5.60. The predicted molar refractivity (Wildman–Crippen MR) is 67.4 cm³/mol. The molecule has 1 aliphatic heterocycles. The molecule has 1 aromatic rings. The number of nitrogen functional groups attached to an aromatic ring is 1. The summed E-state index contributed by atoms with van der Waals surface area (Å²) in [6.07, 6.45) is -1.08. The number of hydrogen-bond donors (Lipinski definition) is 4. The molecule has 11 heteroatoms. The van der Waals surface area contributed by atoms with E-state index in [-0.39, 0.29) is 18.8 Å². The van der Waals surface area contributed by atoms with Gasteiger partial charge >= 0.3 is 13.4 Å². The smallest absolute Gasteiger partial charge is 0.390 e. The number of aliphatic hydroxyl groups excluding tert-OH is 1. The number of nitrogens with two attached hydrogens (primary N) is 2. The fourth-order valence-electron chi connectivity index (χ4n) is 1.86. The standard InChI is InChI=1S/C9H15N4O6P/c10-7-1-2-13(9(15)12-7)8-3-5(14)6(19-8)4-18-20(11,16)17/h1-2,5-6,8,14H,3-4H2,(H2,10,12,15)(H3,11,16,17)/t5-,6+,8+/m0/s1. The van der Waals surface area contributed by atoms with Crippen molar-refractivity contribution in [3.63, 3.8) is 0 Å². The second-order valence-electron chi connectivity index (χ2n) is 4.33. The van der Waals surface area contributed by atoms with Crippen molar-refractivity contribution >= 4 is 13.6 Å². The highest BCUT2D eigenvalue weighted by molar-refractivity contribution is 7.50. The van der Waals surface area contributed by atoms with E-state index < -0.39 is 31.9 Å². The summed E-state index contributed by atoms with van der Waals surface area (Å²) < 4.78 is 21.9. The molecule has 0 saturated carbocycles. The zero-order chi connectivity index (χ0) is 14.9. The van der Waals surface area contributed by atoms with Crippen molar-refractivity contribution in [1.29, 1.82) is 0 Å². The third kappa shape index (κ3) is 3.63. The lowest BCUT2D eigenvalue weighted by Gasteiger charge is -2.16. The van der Waals surface area contributed by atoms with Gasteiger partial charge in [0.1, 0.15) is 18.1 Å². The third-order valence-corrected chi connectivity index (χ3v) is 3.31. The van der Waals surface area contributed by atoms with Crippen LogP contribution in [0.3, 0.4) is 0 Å². The molecule has 0 bridgehead atoms. The van der Waals surface area contributed by atoms with E-state index in [0.29, 0.717) is 0 Å². The number of anilines is 1. The van der Waals surface area contributed by atoms with E-state index in [4.69, 9.17) is 20.9 Å². The van der Waals surface area contributed by atoms with Gasteiger partial charge in [0.25, 0.3) is 0 Å². The van der Waals surface area contributed by atoms with Crippen LogP contribution < -0.4 is 16.9 Å². The van der Waals surface area contributed by atoms with Gasteiger partial charge in [-0.1, -0.05) is 0 Å². The molecule has 20 heavy (non-hydrogen) atoms. The topological polar surface area (TPSA) is 163 Å². The quantitative estimate of drug-likeness (QED) is 0.487. The van der Waals surface area contributed by atoms with Crippen LogP contribution in [0.5, 0.6) is 0 Å². The minimum Gasteiger partial charge on any atom is -0.390 e. The highest BCUT2D eigenvalue weighted by atomic mass is 31.2. The van der Waals surface area contributed by atoms with Crippen LogP contribution in [-0.4, -0.2) is 38.4 Å². The van der Waals surface area contributed by atoms with Gasteiger partial charge in [-0.15, -0.1) is 0 Å². The van der Waals surface area contributed by atoms with Gasteiger partial charge in [0.05, 0.1) is 12.7 Å². The molecule has 2 heterocycles. The molecule has 112 valence electrons. The average molecular weight is 306 g/mol. The van der Waals surface area contributed by atoms with Crippen molar-refractivity contribution in [1.82, 2.24) is 9.55 Å². The second-order valence-corrected chi connectivity index (χ2v) is 5.72. The number of nitrogens with zero attached hydrogens (tertiary/aromatic N) is 2. The third-order valence-electron chi connectivity index (χ3n) is 2.79. The summed E-state index contributed by atoms with van der Waals surface area (Å²) in [4.78, 5) is 24.0. The summed E-state index contributed by atoms with van der Waals surface area (Å²) in [6.45, 7) is -0.362. The molecule has 2 rings (SSSR count). The Labute approximate surface area is 113 Å². The van der Waals surface area contributed by atoms with Crippen molar-refractivity contribution in [2.45, 2.75) is 24.9 Å². The van der Waals surface area contributed by atoms with Crippen molar-refractivity contribution in [2.24, 2.45) is 5.50 Å². The van der Waals surface area contributed by atoms with Gasteiger partial charge < -0.3 is 20.5 Å². The minimum atomic E-state index is -4.14. The summed E-state index contributed by atoms with van der Waals surface area (Å²) in [5, 5.41) is 9.79. The lowest BCUT2D eigenvalue weighted by atomic mass is 10.2. The number of aromatic nitrogens is 2. The first kappa shape index (κ1) is 15.1. The first-order valence-electron chi connectivity index (χ1n) is 5.70. The zero-order valence-corrected chi connectivity index (χ0v) is 11.2. The van der Waals surface area contributed by atoms with Crippen LogP contribution in [-0.2, 0) is 13.8 Å². The molecule has 0 aliphatic carbocycles. The van der Waals surface area contributed by atoms with E-state index in [1.54, 1.807) is 0 Å². The molecule has 10 nitrogen and oxygen atoms in total. The molecule has 0 aromatic carbocycles. The van der Waals surface area contributed by atoms with Gasteiger partial charge in [0.15, 0.2) is 0 Å². The normalized spacial score (nSPS) is 29.2. The van der Waals surface area contributed by atoms with E-state index in [9.17, 15) is 14.5 Å². The molecule has 1 saturated heterocycles. The summed E-state index contributed by atoms with van der Waals surface area (Å²) in [7, 11) is -4.14. The van der Waals surface area contributed by atoms with Gasteiger partial charge in [0, 0.05) is 12.6 Å². The highest BCUT2D eigenvalue weighted by Crippen LogP contribution is 2.34. The van der Waals surface area contributed by atoms with Gasteiger partial charge in [-0.3, -0.25) is 9.09 Å². The molecule has 0 spiro atoms. The summed E-state index contributed by atoms with van der Waals surface area (Å²) in [5.41, 5.74) is 9.57. The fraction of sp³-hybridized carbons (Fsp3) is 0.556. The average Bonchev–Trinajstić information content (AvgIpc) is 2.67. The Hall–Kier alpha value is -1.29. The molecule has 6 N–H and O–H groups in total. The van der Waals surface area contributed by atoms with Crippen molar-refractivity contribution in [3.8, 4) is 0 Å². The van der Waals surface area contributed by atoms with E-state index in [1.165, 1.54) is 16.8 Å². The van der Waals surface area contributed by atoms with E-state index >= 15 is 0 Å². The summed E-state index contributed by atoms with van der Waals surface area (Å²) in [5.74, 6) is 0.0778. The molecular weight excluding hydrogens is 291 g/mol. The Bertz CT molecular complexity index is 586. The van der Waals surface area contributed by atoms with Crippen LogP contribution in [0.25, 0.3) is 0 Å². The monoisotopic (exact) mass is 306 g/mol. The van der Waals surface area contributed by atoms with Crippen LogP contribution in [0.1, 0.15) is 12.6 Å². The van der Waals surface area contributed by atoms with Crippen LogP contribution in [0, 0.1) is 0 Å². The molecule has 1 fully saturated rings. The van der Waals surface area contributed by atoms with Gasteiger partial charge in [-0.25, -0.2) is 14.9 Å². The minimum absolute atomic E-state index is 0.0778. The van der Waals surface area contributed by atoms with Crippen LogP contribution in [0.15, 0.2) is 17.1 Å². The fourth-order valence-corrected chi connectivity index (χ4v) is 2.22. The van der Waals surface area contributed by atoms with Gasteiger partial charge in [-0.05, 0) is 6.07 Å². The summed E-state index contributed by atoms with van der Waals surface area (Å²) in [6, 6.07) is 1.42. The molecule has 1 unspecified atom stereocenters. The molecule has 1 aliphatic rings. The number of ether oxygens (including phenoxy) is 1. The van der Waals surface area contributed by atoms with Crippen LogP contribution >= 0.6 is 7.75 Å². The molecule has 0 amide bonds. The molecular formula is C9H15N4O6P. The number of hydrogen-bond acceptors (Lipinski definition) is 7. The Morgan fingerprint density at radius 2 is 2.35 bits per heavy atom. The lowest BCUT2D eigenvalue weighted by molar-refractivity contribution is -0.0423. The van der Waals surface area contributed by atoms with Crippen LogP contribution in [0.4, 0.5) is 5.82 Å². The first-order valence-corrected chi connectivity index (χ1v) is 7.35. The molecule has 4 atom stereocenters. The maximum absolute atomic E-state index is 11.6. The maximum atomic E-state index is 11.6. The van der Waals surface area contributed by atoms with E-state index in [0.717, 1.165) is 0 Å². The van der Waals surface area contributed by atoms with Crippen molar-refractivity contribution in [2.75, 3.05) is 12.3 Å². The largest absolute Gasteiger partial charge is 0.400 e. The van der Waals surface area contributed by atoms with Crippen molar-refractivity contribution in [3.05, 3.63) is 22.7 Å². The SMILES string of the molecule is Nc1ccn([C@H]2C[C@H](O)[C@@H](COP(N)(=O)O)O2)c(=O)n1. The number of rotatable bonds is 4. The Balaban J connectivity index is 2.06. The van der Waals surface area contributed by atoms with Crippen molar-refractivity contribution < 1.29 is 23.8 Å². The summed E-state index contributed by atoms with van der Waals surface area (Å²) >= 11 is 0. The van der Waals surface area contributed by atoms with E-state index in [2.05, 4.69) is 9.51 Å². The Morgan fingerprint density at radius 3 is 2.95 bits per heavy atom. The van der Waals surface area contributed by atoms with E-state index in [1.807, 2.05) is 0 Å². The Kier molecular flexibility index (Phi) is 4.23. The maximum Gasteiger partial charge on any atom is 0.400 e. The highest BCUT2D eigenvalue weighted by Gasteiger charge is 2.36. The van der Waals surface area contributed by atoms with Gasteiger partial charge in [0.2, 0.25) is 0 Å². The first-order chi connectivity index (χ1) is 9.26. The molecule has 1 aromatic heterocycles. The number of aliphatic hydroxyl groups is 1. The molecule has 0 radical (unpaired) electrons. The van der Waals surface area contributed by atoms with Crippen LogP contribution in [0.2, 0.25) is 0 Å². The van der Waals surface area contributed by atoms with Gasteiger partial charge in [-0.2, -0.15) is 4.98 Å². The Morgan fingerprint density at radius 1 is 1.65 bits per heavy atom. The zero-order valence-electron chi connectivity index (χ0n) is 10.3. The predicted octanol–water partition coefficient (Wildman–Crippen LogP) is -1.45. The lowest BCUT2D eigenvalue weighted by Crippen LogP contribution is -2.28.